The third-order valence-electron chi connectivity index (χ3n) is 4.43. The maximum absolute atomic E-state index is 12.5. The number of carbonyl (C=O) groups excluding carboxylic acids is 1. The Bertz CT molecular complexity index is 669. The molecule has 0 saturated heterocycles. The molecule has 0 aliphatic heterocycles. The lowest BCUT2D eigenvalue weighted by Gasteiger charge is -2.28. The quantitative estimate of drug-likeness (QED) is 0.891. The van der Waals surface area contributed by atoms with Crippen molar-refractivity contribution in [3.63, 3.8) is 0 Å². The molecule has 1 amide bonds. The Hall–Kier alpha value is -1.40. The average molecular weight is 310 g/mol. The predicted molar refractivity (Wildman–Crippen MR) is 82.9 cm³/mol. The minimum absolute atomic E-state index is 0.138. The van der Waals surface area contributed by atoms with E-state index in [1.54, 1.807) is 12.1 Å². The molecule has 1 aliphatic rings. The molecule has 1 aliphatic carbocycles. The van der Waals surface area contributed by atoms with Crippen molar-refractivity contribution in [2.75, 3.05) is 11.6 Å². The Morgan fingerprint density at radius 1 is 1.43 bits per heavy atom. The first kappa shape index (κ1) is 16.0. The third kappa shape index (κ3) is 3.11. The highest BCUT2D eigenvalue weighted by molar-refractivity contribution is 7.90. The number of nitrogens with one attached hydrogen (secondary N) is 1. The Kier molecular flexibility index (Phi) is 4.13. The van der Waals surface area contributed by atoms with E-state index in [-0.39, 0.29) is 16.8 Å². The maximum Gasteiger partial charge on any atom is 0.231 e. The number of anilines is 1. The summed E-state index contributed by atoms with van der Waals surface area (Å²) in [4.78, 5) is 12.7. The third-order valence-corrected chi connectivity index (χ3v) is 5.54. The molecule has 116 valence electrons. The van der Waals surface area contributed by atoms with Gasteiger partial charge in [0.1, 0.15) is 0 Å². The molecular formula is C15H22N2O3S. The van der Waals surface area contributed by atoms with Gasteiger partial charge in [-0.2, -0.15) is 0 Å². The van der Waals surface area contributed by atoms with Gasteiger partial charge in [-0.3, -0.25) is 4.79 Å². The molecule has 21 heavy (non-hydrogen) atoms. The second-order valence-corrected chi connectivity index (χ2v) is 8.13. The van der Waals surface area contributed by atoms with Crippen LogP contribution in [-0.2, 0) is 14.6 Å². The highest BCUT2D eigenvalue weighted by Crippen LogP contribution is 2.38. The number of amides is 1. The fourth-order valence-corrected chi connectivity index (χ4v) is 3.35. The summed E-state index contributed by atoms with van der Waals surface area (Å²) in [6, 6.07) is 4.59. The van der Waals surface area contributed by atoms with Crippen LogP contribution in [0.3, 0.4) is 0 Å². The first-order chi connectivity index (χ1) is 9.64. The molecule has 2 rings (SSSR count). The molecule has 1 aromatic rings. The molecular weight excluding hydrogens is 288 g/mol. The van der Waals surface area contributed by atoms with E-state index in [1.165, 1.54) is 6.07 Å². The molecule has 3 N–H and O–H groups in total. The van der Waals surface area contributed by atoms with Crippen LogP contribution in [0.1, 0.15) is 31.7 Å². The molecule has 1 saturated carbocycles. The van der Waals surface area contributed by atoms with E-state index in [0.29, 0.717) is 5.69 Å². The van der Waals surface area contributed by atoms with E-state index in [9.17, 15) is 13.2 Å². The van der Waals surface area contributed by atoms with Crippen molar-refractivity contribution >= 4 is 21.4 Å². The first-order valence-electron chi connectivity index (χ1n) is 7.02. The molecule has 2 unspecified atom stereocenters. The summed E-state index contributed by atoms with van der Waals surface area (Å²) in [7, 11) is -3.30. The van der Waals surface area contributed by atoms with E-state index >= 15 is 0 Å². The molecule has 2 atom stereocenters. The van der Waals surface area contributed by atoms with Crippen LogP contribution in [0.5, 0.6) is 0 Å². The van der Waals surface area contributed by atoms with Crippen LogP contribution in [0, 0.1) is 12.3 Å². The Morgan fingerprint density at radius 3 is 2.62 bits per heavy atom. The number of benzene rings is 1. The second-order valence-electron chi connectivity index (χ2n) is 6.12. The van der Waals surface area contributed by atoms with Gasteiger partial charge in [-0.15, -0.1) is 0 Å². The maximum atomic E-state index is 12.5. The number of aryl methyl sites for hydroxylation is 1. The molecule has 0 bridgehead atoms. The summed E-state index contributed by atoms with van der Waals surface area (Å²) in [5.74, 6) is -0.138. The van der Waals surface area contributed by atoms with Gasteiger partial charge in [-0.25, -0.2) is 8.42 Å². The van der Waals surface area contributed by atoms with Gasteiger partial charge in [0.05, 0.1) is 10.3 Å². The number of rotatable bonds is 3. The lowest BCUT2D eigenvalue weighted by Crippen LogP contribution is -2.44. The molecule has 0 heterocycles. The molecule has 0 radical (unpaired) electrons. The summed E-state index contributed by atoms with van der Waals surface area (Å²) in [6.07, 6.45) is 3.68. The minimum atomic E-state index is -3.30. The SMILES string of the molecule is Cc1ccc(S(C)(=O)=O)cc1NC(=O)C1(C)CCCC1N. The van der Waals surface area contributed by atoms with Crippen molar-refractivity contribution in [2.24, 2.45) is 11.1 Å². The number of hydrogen-bond donors (Lipinski definition) is 2. The second kappa shape index (κ2) is 5.42. The monoisotopic (exact) mass is 310 g/mol. The zero-order valence-electron chi connectivity index (χ0n) is 12.6. The largest absolute Gasteiger partial charge is 0.327 e. The zero-order chi connectivity index (χ0) is 15.8. The number of nitrogens with two attached hydrogens (primary N) is 1. The van der Waals surface area contributed by atoms with E-state index in [4.69, 9.17) is 5.73 Å². The van der Waals surface area contributed by atoms with Gasteiger partial charge >= 0.3 is 0 Å². The molecule has 6 heteroatoms. The summed E-state index contributed by atoms with van der Waals surface area (Å²) in [6.45, 7) is 3.70. The van der Waals surface area contributed by atoms with E-state index in [0.717, 1.165) is 31.1 Å². The summed E-state index contributed by atoms with van der Waals surface area (Å²) >= 11 is 0. The lowest BCUT2D eigenvalue weighted by atomic mass is 9.84. The highest BCUT2D eigenvalue weighted by atomic mass is 32.2. The van der Waals surface area contributed by atoms with Crippen LogP contribution in [0.2, 0.25) is 0 Å². The van der Waals surface area contributed by atoms with Crippen LogP contribution in [0.15, 0.2) is 23.1 Å². The smallest absolute Gasteiger partial charge is 0.231 e. The average Bonchev–Trinajstić information content (AvgIpc) is 2.72. The lowest BCUT2D eigenvalue weighted by molar-refractivity contribution is -0.125. The summed E-state index contributed by atoms with van der Waals surface area (Å²) in [5.41, 5.74) is 6.81. The molecule has 0 aromatic heterocycles. The van der Waals surface area contributed by atoms with E-state index in [1.807, 2.05) is 13.8 Å². The van der Waals surface area contributed by atoms with Crippen molar-refractivity contribution in [2.45, 2.75) is 44.0 Å². The molecule has 5 nitrogen and oxygen atoms in total. The van der Waals surface area contributed by atoms with Gasteiger partial charge in [0.25, 0.3) is 0 Å². The normalized spacial score (nSPS) is 25.8. The van der Waals surface area contributed by atoms with Crippen molar-refractivity contribution in [3.05, 3.63) is 23.8 Å². The van der Waals surface area contributed by atoms with Crippen LogP contribution in [-0.4, -0.2) is 26.6 Å². The summed E-state index contributed by atoms with van der Waals surface area (Å²) < 4.78 is 23.2. The first-order valence-corrected chi connectivity index (χ1v) is 8.91. The number of hydrogen-bond acceptors (Lipinski definition) is 4. The van der Waals surface area contributed by atoms with Gasteiger partial charge in [0.15, 0.2) is 9.84 Å². The Morgan fingerprint density at radius 2 is 2.10 bits per heavy atom. The topological polar surface area (TPSA) is 89.3 Å². The van der Waals surface area contributed by atoms with Crippen LogP contribution in [0.25, 0.3) is 0 Å². The van der Waals surface area contributed by atoms with Crippen molar-refractivity contribution < 1.29 is 13.2 Å². The minimum Gasteiger partial charge on any atom is -0.327 e. The van der Waals surface area contributed by atoms with Crippen molar-refractivity contribution in [3.8, 4) is 0 Å². The van der Waals surface area contributed by atoms with Crippen LogP contribution < -0.4 is 11.1 Å². The van der Waals surface area contributed by atoms with Gasteiger partial charge in [0.2, 0.25) is 5.91 Å². The predicted octanol–water partition coefficient (Wildman–Crippen LogP) is 1.85. The van der Waals surface area contributed by atoms with Crippen molar-refractivity contribution in [1.29, 1.82) is 0 Å². The van der Waals surface area contributed by atoms with Crippen LogP contribution in [0.4, 0.5) is 5.69 Å². The number of sulfone groups is 1. The van der Waals surface area contributed by atoms with E-state index < -0.39 is 15.3 Å². The Balaban J connectivity index is 2.29. The van der Waals surface area contributed by atoms with Crippen molar-refractivity contribution in [1.82, 2.24) is 0 Å². The fraction of sp³-hybridized carbons (Fsp3) is 0.533. The van der Waals surface area contributed by atoms with E-state index in [2.05, 4.69) is 5.32 Å². The zero-order valence-corrected chi connectivity index (χ0v) is 13.5. The number of carbonyl (C=O) groups is 1. The molecule has 1 fully saturated rings. The van der Waals surface area contributed by atoms with Gasteiger partial charge < -0.3 is 11.1 Å². The fourth-order valence-electron chi connectivity index (χ4n) is 2.71. The van der Waals surface area contributed by atoms with Crippen LogP contribution >= 0.6 is 0 Å². The molecule has 1 aromatic carbocycles. The standard InChI is InChI=1S/C15H22N2O3S/c1-10-6-7-11(21(3,19)20)9-12(10)17-14(18)15(2)8-4-5-13(15)16/h6-7,9,13H,4-5,8,16H2,1-3H3,(H,17,18). The van der Waals surface area contributed by atoms with Gasteiger partial charge in [0, 0.05) is 18.0 Å². The molecule has 0 spiro atoms. The van der Waals surface area contributed by atoms with Gasteiger partial charge in [-0.05, 0) is 44.4 Å². The Labute approximate surface area is 125 Å². The summed E-state index contributed by atoms with van der Waals surface area (Å²) in [5, 5.41) is 2.85. The highest BCUT2D eigenvalue weighted by Gasteiger charge is 2.43. The van der Waals surface area contributed by atoms with Gasteiger partial charge in [-0.1, -0.05) is 12.5 Å².